The minimum atomic E-state index is -3.67. The fourth-order valence-corrected chi connectivity index (χ4v) is 5.54. The summed E-state index contributed by atoms with van der Waals surface area (Å²) < 4.78 is 59.5. The van der Waals surface area contributed by atoms with Crippen molar-refractivity contribution in [1.82, 2.24) is 14.5 Å². The molecular formula is C27H48N4O7S2. The third-order valence-corrected chi connectivity index (χ3v) is 7.33. The first-order valence-electron chi connectivity index (χ1n) is 14.0. The van der Waals surface area contributed by atoms with Gasteiger partial charge in [-0.3, -0.25) is 9.11 Å². The molecule has 2 N–H and O–H groups in total. The summed E-state index contributed by atoms with van der Waals surface area (Å²) in [5.74, 6) is 2.97. The van der Waals surface area contributed by atoms with Crippen molar-refractivity contribution in [3.8, 4) is 5.75 Å². The zero-order valence-electron chi connectivity index (χ0n) is 24.6. The number of likely N-dealkylation sites (N-methyl/N-ethyl adjacent to an activating group) is 1. The van der Waals surface area contributed by atoms with E-state index < -0.39 is 20.2 Å². The zero-order valence-corrected chi connectivity index (χ0v) is 26.3. The molecule has 13 heteroatoms. The molecule has 0 spiro atoms. The first kappa shape index (κ1) is 34.3. The van der Waals surface area contributed by atoms with Crippen molar-refractivity contribution in [2.75, 3.05) is 51.2 Å². The van der Waals surface area contributed by atoms with E-state index in [-0.39, 0.29) is 0 Å². The van der Waals surface area contributed by atoms with Crippen molar-refractivity contribution in [1.29, 1.82) is 0 Å². The van der Waals surface area contributed by atoms with E-state index in [9.17, 15) is 16.8 Å². The molecule has 1 atom stereocenters. The van der Waals surface area contributed by atoms with E-state index in [0.29, 0.717) is 12.5 Å². The number of aromatic nitrogens is 2. The number of nitrogens with zero attached hydrogens (tertiary/aromatic N) is 4. The maximum absolute atomic E-state index is 9.19. The highest BCUT2D eigenvalue weighted by atomic mass is 32.2. The van der Waals surface area contributed by atoms with E-state index in [1.165, 1.54) is 63.3 Å². The second kappa shape index (κ2) is 15.9. The van der Waals surface area contributed by atoms with E-state index in [1.807, 2.05) is 6.07 Å². The van der Waals surface area contributed by atoms with Crippen LogP contribution in [0.4, 0.5) is 5.95 Å². The van der Waals surface area contributed by atoms with Crippen LogP contribution in [0.2, 0.25) is 0 Å². The summed E-state index contributed by atoms with van der Waals surface area (Å²) in [5.41, 5.74) is 2.27. The third-order valence-electron chi connectivity index (χ3n) is 7.33. The number of hydrogen-bond donors (Lipinski definition) is 2. The third kappa shape index (κ3) is 12.7. The standard InChI is InChI=1S/C25H40N4O.2CH4O3S/c1-4-9-21(18-20-10-6-5-7-11-20)27(2)16-17-28-14-8-15-29-24-13-12-22(30-3)19-23(24)26-25(28)29;2*1-5(2,3)4/h12-13,19-21H,4-11,14-18H2,1-3H3;2*1H3,(H,2,3,4). The van der Waals surface area contributed by atoms with Crippen LogP contribution in [0, 0.1) is 5.92 Å². The Morgan fingerprint density at radius 2 is 1.68 bits per heavy atom. The lowest BCUT2D eigenvalue weighted by molar-refractivity contribution is 0.179. The highest BCUT2D eigenvalue weighted by Gasteiger charge is 2.24. The number of benzene rings is 1. The Labute approximate surface area is 240 Å². The minimum absolute atomic E-state index is 0.715. The lowest BCUT2D eigenvalue weighted by Gasteiger charge is -2.35. The molecule has 1 aromatic heterocycles. The van der Waals surface area contributed by atoms with Gasteiger partial charge in [0.2, 0.25) is 5.95 Å². The van der Waals surface area contributed by atoms with Gasteiger partial charge in [0.05, 0.1) is 30.7 Å². The first-order chi connectivity index (χ1) is 18.7. The van der Waals surface area contributed by atoms with Crippen molar-refractivity contribution in [2.24, 2.45) is 5.92 Å². The van der Waals surface area contributed by atoms with E-state index in [0.717, 1.165) is 55.4 Å². The molecule has 0 saturated heterocycles. The van der Waals surface area contributed by atoms with Crippen LogP contribution >= 0.6 is 0 Å². The first-order valence-corrected chi connectivity index (χ1v) is 17.7. The van der Waals surface area contributed by atoms with Gasteiger partial charge in [-0.15, -0.1) is 0 Å². The highest BCUT2D eigenvalue weighted by Crippen LogP contribution is 2.31. The van der Waals surface area contributed by atoms with Gasteiger partial charge in [-0.05, 0) is 44.4 Å². The summed E-state index contributed by atoms with van der Waals surface area (Å²) in [7, 11) is -3.26. The molecule has 2 heterocycles. The van der Waals surface area contributed by atoms with Gasteiger partial charge in [0.1, 0.15) is 5.75 Å². The van der Waals surface area contributed by atoms with Crippen LogP contribution in [0.25, 0.3) is 11.0 Å². The Hall–Kier alpha value is -1.93. The fourth-order valence-electron chi connectivity index (χ4n) is 5.54. The second-order valence-corrected chi connectivity index (χ2v) is 13.8. The quantitative estimate of drug-likeness (QED) is 0.397. The number of hydrogen-bond acceptors (Lipinski definition) is 8. The summed E-state index contributed by atoms with van der Waals surface area (Å²) in [4.78, 5) is 10.1. The van der Waals surface area contributed by atoms with Gasteiger partial charge < -0.3 is 19.1 Å². The van der Waals surface area contributed by atoms with E-state index in [2.05, 4.69) is 40.5 Å². The van der Waals surface area contributed by atoms with Gasteiger partial charge in [-0.1, -0.05) is 45.4 Å². The molecule has 4 rings (SSSR count). The molecule has 0 radical (unpaired) electrons. The average Bonchev–Trinajstić information content (AvgIpc) is 3.24. The van der Waals surface area contributed by atoms with E-state index in [1.54, 1.807) is 7.11 Å². The van der Waals surface area contributed by atoms with Crippen LogP contribution in [-0.4, -0.2) is 92.7 Å². The van der Waals surface area contributed by atoms with E-state index in [4.69, 9.17) is 18.8 Å². The normalized spacial score (nSPS) is 16.9. The van der Waals surface area contributed by atoms with Gasteiger partial charge in [0.25, 0.3) is 20.2 Å². The number of methoxy groups -OCH3 is 1. The van der Waals surface area contributed by atoms with Crippen molar-refractivity contribution in [3.05, 3.63) is 18.2 Å². The molecule has 1 saturated carbocycles. The summed E-state index contributed by atoms with van der Waals surface area (Å²) in [6.07, 6.45) is 13.9. The van der Waals surface area contributed by atoms with Crippen molar-refractivity contribution in [3.63, 3.8) is 0 Å². The molecule has 1 aliphatic heterocycles. The number of ether oxygens (including phenoxy) is 1. The molecule has 1 aliphatic carbocycles. The largest absolute Gasteiger partial charge is 0.497 e. The topological polar surface area (TPSA) is 142 Å². The number of aryl methyl sites for hydroxylation is 1. The van der Waals surface area contributed by atoms with Gasteiger partial charge in [-0.2, -0.15) is 16.8 Å². The van der Waals surface area contributed by atoms with Crippen LogP contribution in [0.3, 0.4) is 0 Å². The summed E-state index contributed by atoms with van der Waals surface area (Å²) in [5, 5.41) is 0. The Kier molecular flexibility index (Phi) is 13.6. The Balaban J connectivity index is 0.000000482. The molecule has 1 fully saturated rings. The SMILES string of the molecule is CCCC(CC1CCCCC1)N(C)CCN1CCCn2c1nc1cc(OC)ccc12.CS(=O)(=O)O.CS(=O)(=O)O. The summed E-state index contributed by atoms with van der Waals surface area (Å²) >= 11 is 0. The monoisotopic (exact) mass is 604 g/mol. The number of anilines is 1. The molecule has 0 amide bonds. The molecule has 1 aromatic carbocycles. The molecule has 11 nitrogen and oxygen atoms in total. The average molecular weight is 605 g/mol. The minimum Gasteiger partial charge on any atom is -0.497 e. The van der Waals surface area contributed by atoms with Crippen molar-refractivity contribution >= 4 is 37.2 Å². The Morgan fingerprint density at radius 3 is 2.25 bits per heavy atom. The van der Waals surface area contributed by atoms with Crippen LogP contribution in [0.1, 0.15) is 64.7 Å². The molecule has 1 unspecified atom stereocenters. The molecule has 2 aliphatic rings. The summed E-state index contributed by atoms with van der Waals surface area (Å²) in [6.45, 7) is 6.68. The highest BCUT2D eigenvalue weighted by molar-refractivity contribution is 7.85. The molecule has 230 valence electrons. The van der Waals surface area contributed by atoms with Gasteiger partial charge >= 0.3 is 0 Å². The number of rotatable bonds is 9. The fraction of sp³-hybridized carbons (Fsp3) is 0.741. The maximum Gasteiger partial charge on any atom is 0.261 e. The molecular weight excluding hydrogens is 556 g/mol. The van der Waals surface area contributed by atoms with Crippen molar-refractivity contribution < 1.29 is 30.7 Å². The second-order valence-electron chi connectivity index (χ2n) is 10.9. The van der Waals surface area contributed by atoms with Crippen LogP contribution in [-0.2, 0) is 26.8 Å². The molecule has 0 bridgehead atoms. The molecule has 2 aromatic rings. The Bertz CT molecular complexity index is 1210. The maximum atomic E-state index is 9.19. The smallest absolute Gasteiger partial charge is 0.261 e. The predicted octanol–water partition coefficient (Wildman–Crippen LogP) is 4.33. The van der Waals surface area contributed by atoms with Crippen LogP contribution < -0.4 is 9.64 Å². The predicted molar refractivity (Wildman–Crippen MR) is 161 cm³/mol. The summed E-state index contributed by atoms with van der Waals surface area (Å²) in [6, 6.07) is 6.99. The van der Waals surface area contributed by atoms with Gasteiger partial charge in [-0.25, -0.2) is 4.98 Å². The Morgan fingerprint density at radius 1 is 1.05 bits per heavy atom. The lowest BCUT2D eigenvalue weighted by atomic mass is 9.83. The van der Waals surface area contributed by atoms with Crippen molar-refractivity contribution in [2.45, 2.75) is 77.3 Å². The lowest BCUT2D eigenvalue weighted by Crippen LogP contribution is -2.42. The van der Waals surface area contributed by atoms with E-state index >= 15 is 0 Å². The molecule has 40 heavy (non-hydrogen) atoms. The number of fused-ring (bicyclic) bond motifs is 3. The van der Waals surface area contributed by atoms with Gasteiger partial charge in [0, 0.05) is 38.3 Å². The van der Waals surface area contributed by atoms with Gasteiger partial charge in [0.15, 0.2) is 0 Å². The van der Waals surface area contributed by atoms with Crippen LogP contribution in [0.5, 0.6) is 5.75 Å². The van der Waals surface area contributed by atoms with Crippen LogP contribution in [0.15, 0.2) is 18.2 Å². The number of imidazole rings is 1. The zero-order chi connectivity index (χ0) is 29.9.